The summed E-state index contributed by atoms with van der Waals surface area (Å²) in [6.07, 6.45) is 3.69. The van der Waals surface area contributed by atoms with Crippen molar-refractivity contribution in [2.24, 2.45) is 11.8 Å². The van der Waals surface area contributed by atoms with Crippen molar-refractivity contribution >= 4 is 0 Å². The first kappa shape index (κ1) is 20.4. The largest absolute Gasteiger partial charge is 0.496 e. The third-order valence-electron chi connectivity index (χ3n) is 6.99. The number of aromatic nitrogens is 1. The van der Waals surface area contributed by atoms with Crippen LogP contribution in [0.5, 0.6) is 5.75 Å². The number of pyridine rings is 1. The Morgan fingerprint density at radius 1 is 1.24 bits per heavy atom. The molecule has 2 fully saturated rings. The summed E-state index contributed by atoms with van der Waals surface area (Å²) >= 11 is 0. The van der Waals surface area contributed by atoms with Gasteiger partial charge in [-0.25, -0.2) is 0 Å². The van der Waals surface area contributed by atoms with Gasteiger partial charge in [0.15, 0.2) is 0 Å². The van der Waals surface area contributed by atoms with E-state index in [9.17, 15) is 5.11 Å². The van der Waals surface area contributed by atoms with Crippen molar-refractivity contribution in [2.75, 3.05) is 20.2 Å². The monoisotopic (exact) mass is 394 g/mol. The average Bonchev–Trinajstić information content (AvgIpc) is 3.21. The first-order chi connectivity index (χ1) is 13.7. The van der Waals surface area contributed by atoms with E-state index < -0.39 is 5.60 Å². The van der Waals surface area contributed by atoms with Gasteiger partial charge in [-0.15, -0.1) is 0 Å². The Balaban J connectivity index is 1.56. The third-order valence-corrected chi connectivity index (χ3v) is 6.99. The molecule has 2 heterocycles. The molecule has 0 bridgehead atoms. The molecule has 1 aliphatic heterocycles. The van der Waals surface area contributed by atoms with Crippen LogP contribution in [0.25, 0.3) is 0 Å². The Morgan fingerprint density at radius 3 is 2.72 bits per heavy atom. The Morgan fingerprint density at radius 2 is 2.03 bits per heavy atom. The summed E-state index contributed by atoms with van der Waals surface area (Å²) in [7, 11) is 1.75. The Bertz CT molecular complexity index is 889. The van der Waals surface area contributed by atoms with Gasteiger partial charge in [0.2, 0.25) is 0 Å². The van der Waals surface area contributed by atoms with Crippen molar-refractivity contribution in [3.8, 4) is 5.75 Å². The highest BCUT2D eigenvalue weighted by Crippen LogP contribution is 2.51. The number of likely N-dealkylation sites (tertiary alicyclic amines) is 1. The number of aliphatic hydroxyl groups is 1. The number of hydrogen-bond acceptors (Lipinski definition) is 4. The van der Waals surface area contributed by atoms with Crippen LogP contribution in [0, 0.1) is 18.8 Å². The predicted octanol–water partition coefficient (Wildman–Crippen LogP) is 4.43. The topological polar surface area (TPSA) is 45.6 Å². The normalized spacial score (nSPS) is 27.2. The van der Waals surface area contributed by atoms with E-state index >= 15 is 0 Å². The summed E-state index contributed by atoms with van der Waals surface area (Å²) in [4.78, 5) is 7.07. The fraction of sp³-hybridized carbons (Fsp3) is 0.560. The second kappa shape index (κ2) is 7.41. The van der Waals surface area contributed by atoms with Gasteiger partial charge in [-0.1, -0.05) is 39.0 Å². The molecule has 1 aliphatic carbocycles. The molecular formula is C25H34N2O2. The van der Waals surface area contributed by atoms with Gasteiger partial charge in [0.05, 0.1) is 12.8 Å². The standard InChI is InChI=1S/C25H34N2O2/c1-17-7-6-12-26-23(17)25(28)11-10-18-14-27(16-21(18)25)15-19-13-20(24(2,3)4)8-9-22(19)29-5/h6-9,12-13,18,21,28H,10-11,14-16H2,1-5H3/t18-,21+,25-/m1/s1. The van der Waals surface area contributed by atoms with Gasteiger partial charge < -0.3 is 9.84 Å². The molecule has 1 N–H and O–H groups in total. The van der Waals surface area contributed by atoms with E-state index in [-0.39, 0.29) is 11.3 Å². The second-order valence-corrected chi connectivity index (χ2v) is 9.97. The van der Waals surface area contributed by atoms with E-state index in [0.717, 1.165) is 49.5 Å². The first-order valence-corrected chi connectivity index (χ1v) is 10.8. The Hall–Kier alpha value is -1.91. The second-order valence-electron chi connectivity index (χ2n) is 9.97. The molecule has 2 aliphatic rings. The number of ether oxygens (including phenoxy) is 1. The summed E-state index contributed by atoms with van der Waals surface area (Å²) in [6, 6.07) is 10.6. The lowest BCUT2D eigenvalue weighted by Gasteiger charge is -2.31. The first-order valence-electron chi connectivity index (χ1n) is 10.8. The van der Waals surface area contributed by atoms with Crippen LogP contribution in [0.3, 0.4) is 0 Å². The highest BCUT2D eigenvalue weighted by Gasteiger charge is 2.53. The zero-order valence-corrected chi connectivity index (χ0v) is 18.4. The van der Waals surface area contributed by atoms with Gasteiger partial charge in [0.1, 0.15) is 11.4 Å². The number of nitrogens with zero attached hydrogens (tertiary/aromatic N) is 2. The molecule has 4 nitrogen and oxygen atoms in total. The maximum Gasteiger partial charge on any atom is 0.123 e. The fourth-order valence-corrected chi connectivity index (χ4v) is 5.36. The minimum Gasteiger partial charge on any atom is -0.496 e. The lowest BCUT2D eigenvalue weighted by molar-refractivity contribution is -0.0114. The van der Waals surface area contributed by atoms with Crippen molar-refractivity contribution in [1.82, 2.24) is 9.88 Å². The van der Waals surface area contributed by atoms with Crippen LogP contribution < -0.4 is 4.74 Å². The van der Waals surface area contributed by atoms with E-state index in [2.05, 4.69) is 61.8 Å². The lowest BCUT2D eigenvalue weighted by atomic mass is 9.83. The summed E-state index contributed by atoms with van der Waals surface area (Å²) in [5, 5.41) is 11.6. The van der Waals surface area contributed by atoms with Crippen LogP contribution in [-0.2, 0) is 17.6 Å². The van der Waals surface area contributed by atoms with Crippen molar-refractivity contribution in [3.63, 3.8) is 0 Å². The zero-order chi connectivity index (χ0) is 20.8. The van der Waals surface area contributed by atoms with Crippen LogP contribution in [0.4, 0.5) is 0 Å². The molecule has 0 amide bonds. The summed E-state index contributed by atoms with van der Waals surface area (Å²) in [6.45, 7) is 11.6. The molecule has 1 aromatic heterocycles. The number of benzene rings is 1. The van der Waals surface area contributed by atoms with Crippen LogP contribution in [0.1, 0.15) is 56.0 Å². The van der Waals surface area contributed by atoms with E-state index in [1.165, 1.54) is 11.1 Å². The molecule has 2 aromatic rings. The quantitative estimate of drug-likeness (QED) is 0.833. The van der Waals surface area contributed by atoms with E-state index in [4.69, 9.17) is 4.74 Å². The summed E-state index contributed by atoms with van der Waals surface area (Å²) < 4.78 is 5.66. The molecule has 3 atom stereocenters. The van der Waals surface area contributed by atoms with Crippen LogP contribution in [-0.4, -0.2) is 35.2 Å². The van der Waals surface area contributed by atoms with Gasteiger partial charge in [-0.05, 0) is 54.4 Å². The van der Waals surface area contributed by atoms with E-state index in [1.807, 2.05) is 12.3 Å². The molecule has 156 valence electrons. The van der Waals surface area contributed by atoms with Gasteiger partial charge in [-0.2, -0.15) is 0 Å². The SMILES string of the molecule is COc1ccc(C(C)(C)C)cc1CN1C[C@H]2CC[C@](O)(c3ncccc3C)[C@H]2C1. The molecular weight excluding hydrogens is 360 g/mol. The molecule has 4 heteroatoms. The van der Waals surface area contributed by atoms with Crippen molar-refractivity contribution < 1.29 is 9.84 Å². The number of methoxy groups -OCH3 is 1. The molecule has 0 unspecified atom stereocenters. The van der Waals surface area contributed by atoms with E-state index in [1.54, 1.807) is 7.11 Å². The maximum atomic E-state index is 11.6. The molecule has 0 spiro atoms. The summed E-state index contributed by atoms with van der Waals surface area (Å²) in [5.41, 5.74) is 3.84. The number of fused-ring (bicyclic) bond motifs is 1. The smallest absolute Gasteiger partial charge is 0.123 e. The van der Waals surface area contributed by atoms with E-state index in [0.29, 0.717) is 5.92 Å². The highest BCUT2D eigenvalue weighted by atomic mass is 16.5. The van der Waals surface area contributed by atoms with Gasteiger partial charge in [0.25, 0.3) is 0 Å². The molecule has 4 rings (SSSR count). The molecule has 29 heavy (non-hydrogen) atoms. The molecule has 1 aromatic carbocycles. The van der Waals surface area contributed by atoms with Crippen LogP contribution in [0.15, 0.2) is 36.5 Å². The Kier molecular flexibility index (Phi) is 5.20. The maximum absolute atomic E-state index is 11.6. The van der Waals surface area contributed by atoms with Crippen LogP contribution in [0.2, 0.25) is 0 Å². The summed E-state index contributed by atoms with van der Waals surface area (Å²) in [5.74, 6) is 1.72. The predicted molar refractivity (Wildman–Crippen MR) is 116 cm³/mol. The highest BCUT2D eigenvalue weighted by molar-refractivity contribution is 5.40. The minimum atomic E-state index is -0.803. The van der Waals surface area contributed by atoms with Crippen molar-refractivity contribution in [1.29, 1.82) is 0 Å². The average molecular weight is 395 g/mol. The zero-order valence-electron chi connectivity index (χ0n) is 18.4. The van der Waals surface area contributed by atoms with Crippen molar-refractivity contribution in [2.45, 2.75) is 58.1 Å². The minimum absolute atomic E-state index is 0.110. The van der Waals surface area contributed by atoms with Crippen LogP contribution >= 0.6 is 0 Å². The van der Waals surface area contributed by atoms with Gasteiger partial charge in [-0.3, -0.25) is 9.88 Å². The fourth-order valence-electron chi connectivity index (χ4n) is 5.36. The third kappa shape index (κ3) is 3.69. The lowest BCUT2D eigenvalue weighted by Crippen LogP contribution is -2.36. The Labute approximate surface area is 174 Å². The molecule has 0 radical (unpaired) electrons. The number of hydrogen-bond donors (Lipinski definition) is 1. The molecule has 1 saturated heterocycles. The molecule has 1 saturated carbocycles. The number of aryl methyl sites for hydroxylation is 1. The van der Waals surface area contributed by atoms with Gasteiger partial charge in [0, 0.05) is 37.3 Å². The number of rotatable bonds is 4. The van der Waals surface area contributed by atoms with Crippen molar-refractivity contribution in [3.05, 3.63) is 58.9 Å². The van der Waals surface area contributed by atoms with Gasteiger partial charge >= 0.3 is 0 Å².